The average molecular weight is 294 g/mol. The third-order valence-electron chi connectivity index (χ3n) is 3.59. The van der Waals surface area contributed by atoms with Crippen molar-refractivity contribution >= 4 is 11.9 Å². The highest BCUT2D eigenvalue weighted by atomic mass is 19.1. The number of piperidine rings is 1. The lowest BCUT2D eigenvalue weighted by atomic mass is 10.1. The lowest BCUT2D eigenvalue weighted by Crippen LogP contribution is -2.41. The molecule has 114 valence electrons. The van der Waals surface area contributed by atoms with Gasteiger partial charge in [-0.05, 0) is 37.5 Å². The molecule has 1 aromatic rings. The van der Waals surface area contributed by atoms with Gasteiger partial charge in [0.1, 0.15) is 5.82 Å². The molecule has 0 saturated carbocycles. The molecule has 1 amide bonds. The van der Waals surface area contributed by atoms with Crippen LogP contribution in [0.3, 0.4) is 0 Å². The van der Waals surface area contributed by atoms with Crippen molar-refractivity contribution in [2.45, 2.75) is 25.8 Å². The molecule has 21 heavy (non-hydrogen) atoms. The summed E-state index contributed by atoms with van der Waals surface area (Å²) in [7, 11) is 0. The monoisotopic (exact) mass is 294 g/mol. The number of amides is 1. The number of hydrogen-bond donors (Lipinski definition) is 2. The van der Waals surface area contributed by atoms with Crippen molar-refractivity contribution in [2.75, 3.05) is 19.6 Å². The first-order valence-electron chi connectivity index (χ1n) is 7.08. The summed E-state index contributed by atoms with van der Waals surface area (Å²) < 4.78 is 13.6. The van der Waals surface area contributed by atoms with Gasteiger partial charge < -0.3 is 15.3 Å². The second-order valence-electron chi connectivity index (χ2n) is 5.16. The molecule has 2 N–H and O–H groups in total. The standard InChI is InChI=1S/C15H19FN2O3/c16-13-5-4-11(15(20)21)8-12(13)9-17-10-14(19)18-6-2-1-3-7-18/h4-5,8,17H,1-3,6-7,9-10H2,(H,20,21). The minimum atomic E-state index is -1.10. The van der Waals surface area contributed by atoms with Gasteiger partial charge in [0, 0.05) is 25.2 Å². The van der Waals surface area contributed by atoms with Crippen molar-refractivity contribution in [3.05, 3.63) is 35.1 Å². The Morgan fingerprint density at radius 3 is 2.62 bits per heavy atom. The summed E-state index contributed by atoms with van der Waals surface area (Å²) in [4.78, 5) is 24.6. The summed E-state index contributed by atoms with van der Waals surface area (Å²) in [5, 5.41) is 11.8. The van der Waals surface area contributed by atoms with Crippen LogP contribution in [0.5, 0.6) is 0 Å². The maximum absolute atomic E-state index is 13.6. The van der Waals surface area contributed by atoms with Crippen LogP contribution in [0.25, 0.3) is 0 Å². The van der Waals surface area contributed by atoms with Gasteiger partial charge in [0.15, 0.2) is 0 Å². The largest absolute Gasteiger partial charge is 0.478 e. The van der Waals surface area contributed by atoms with Crippen molar-refractivity contribution < 1.29 is 19.1 Å². The summed E-state index contributed by atoms with van der Waals surface area (Å²) in [5.74, 6) is -1.57. The van der Waals surface area contributed by atoms with E-state index in [0.29, 0.717) is 0 Å². The Morgan fingerprint density at radius 2 is 1.95 bits per heavy atom. The van der Waals surface area contributed by atoms with E-state index in [9.17, 15) is 14.0 Å². The van der Waals surface area contributed by atoms with Crippen molar-refractivity contribution in [2.24, 2.45) is 0 Å². The summed E-state index contributed by atoms with van der Waals surface area (Å²) in [6.45, 7) is 1.83. The Morgan fingerprint density at radius 1 is 1.24 bits per heavy atom. The van der Waals surface area contributed by atoms with Gasteiger partial charge in [-0.2, -0.15) is 0 Å². The topological polar surface area (TPSA) is 69.6 Å². The fourth-order valence-corrected chi connectivity index (χ4v) is 2.40. The third kappa shape index (κ3) is 4.26. The molecule has 0 aromatic heterocycles. The van der Waals surface area contributed by atoms with E-state index in [-0.39, 0.29) is 30.1 Å². The van der Waals surface area contributed by atoms with E-state index in [0.717, 1.165) is 38.4 Å². The van der Waals surface area contributed by atoms with E-state index in [1.165, 1.54) is 12.1 Å². The second-order valence-corrected chi connectivity index (χ2v) is 5.16. The highest BCUT2D eigenvalue weighted by Crippen LogP contribution is 2.11. The number of rotatable bonds is 5. The zero-order chi connectivity index (χ0) is 15.2. The van der Waals surface area contributed by atoms with Gasteiger partial charge in [0.2, 0.25) is 5.91 Å². The van der Waals surface area contributed by atoms with E-state index in [1.807, 2.05) is 0 Å². The molecule has 0 bridgehead atoms. The van der Waals surface area contributed by atoms with E-state index >= 15 is 0 Å². The number of aromatic carboxylic acids is 1. The molecule has 5 nitrogen and oxygen atoms in total. The second kappa shape index (κ2) is 7.17. The van der Waals surface area contributed by atoms with Crippen LogP contribution in [0.4, 0.5) is 4.39 Å². The van der Waals surface area contributed by atoms with Crippen LogP contribution in [0, 0.1) is 5.82 Å². The molecule has 0 spiro atoms. The molecule has 1 heterocycles. The smallest absolute Gasteiger partial charge is 0.335 e. The van der Waals surface area contributed by atoms with Crippen LogP contribution < -0.4 is 5.32 Å². The molecule has 0 radical (unpaired) electrons. The lowest BCUT2D eigenvalue weighted by molar-refractivity contribution is -0.131. The highest BCUT2D eigenvalue weighted by Gasteiger charge is 2.16. The number of carboxylic acid groups (broad SMARTS) is 1. The van der Waals surface area contributed by atoms with Gasteiger partial charge in [-0.25, -0.2) is 9.18 Å². The number of nitrogens with zero attached hydrogens (tertiary/aromatic N) is 1. The first kappa shape index (κ1) is 15.4. The van der Waals surface area contributed by atoms with Crippen LogP contribution in [0.15, 0.2) is 18.2 Å². The van der Waals surface area contributed by atoms with Gasteiger partial charge in [-0.1, -0.05) is 0 Å². The minimum Gasteiger partial charge on any atom is -0.478 e. The molecule has 6 heteroatoms. The minimum absolute atomic E-state index is 0.00416. The maximum Gasteiger partial charge on any atom is 0.335 e. The number of nitrogens with one attached hydrogen (secondary N) is 1. The number of hydrogen-bond acceptors (Lipinski definition) is 3. The molecular weight excluding hydrogens is 275 g/mol. The molecule has 1 saturated heterocycles. The normalized spacial score (nSPS) is 15.0. The van der Waals surface area contributed by atoms with E-state index in [1.54, 1.807) is 4.90 Å². The Kier molecular flexibility index (Phi) is 5.27. The molecule has 0 aliphatic carbocycles. The number of carbonyl (C=O) groups excluding carboxylic acids is 1. The molecule has 1 aliphatic heterocycles. The Labute approximate surface area is 122 Å². The van der Waals surface area contributed by atoms with Gasteiger partial charge in [0.05, 0.1) is 12.1 Å². The predicted octanol–water partition coefficient (Wildman–Crippen LogP) is 1.63. The number of benzene rings is 1. The number of carboxylic acids is 1. The predicted molar refractivity (Wildman–Crippen MR) is 75.5 cm³/mol. The van der Waals surface area contributed by atoms with Gasteiger partial charge in [-0.3, -0.25) is 4.79 Å². The summed E-state index contributed by atoms with van der Waals surface area (Å²) in [5.41, 5.74) is 0.289. The van der Waals surface area contributed by atoms with Crippen LogP contribution >= 0.6 is 0 Å². The van der Waals surface area contributed by atoms with Gasteiger partial charge >= 0.3 is 5.97 Å². The van der Waals surface area contributed by atoms with Gasteiger partial charge in [0.25, 0.3) is 0 Å². The maximum atomic E-state index is 13.6. The van der Waals surface area contributed by atoms with E-state index in [4.69, 9.17) is 5.11 Å². The first-order chi connectivity index (χ1) is 10.1. The zero-order valence-electron chi connectivity index (χ0n) is 11.8. The van der Waals surface area contributed by atoms with E-state index < -0.39 is 11.8 Å². The average Bonchev–Trinajstić information content (AvgIpc) is 2.49. The molecule has 1 aliphatic rings. The Balaban J connectivity index is 1.86. The summed E-state index contributed by atoms with van der Waals surface area (Å²) in [6, 6.07) is 3.64. The molecule has 2 rings (SSSR count). The Hall–Kier alpha value is -1.95. The van der Waals surface area contributed by atoms with Gasteiger partial charge in [-0.15, -0.1) is 0 Å². The third-order valence-corrected chi connectivity index (χ3v) is 3.59. The summed E-state index contributed by atoms with van der Waals surface area (Å²) >= 11 is 0. The number of halogens is 1. The fraction of sp³-hybridized carbons (Fsp3) is 0.467. The molecular formula is C15H19FN2O3. The highest BCUT2D eigenvalue weighted by molar-refractivity contribution is 5.87. The van der Waals surface area contributed by atoms with Crippen molar-refractivity contribution in [3.8, 4) is 0 Å². The SMILES string of the molecule is O=C(O)c1ccc(F)c(CNCC(=O)N2CCCCC2)c1. The number of carbonyl (C=O) groups is 2. The van der Waals surface area contributed by atoms with Crippen molar-refractivity contribution in [3.63, 3.8) is 0 Å². The first-order valence-corrected chi connectivity index (χ1v) is 7.08. The summed E-state index contributed by atoms with van der Waals surface area (Å²) in [6.07, 6.45) is 3.21. The zero-order valence-corrected chi connectivity index (χ0v) is 11.8. The lowest BCUT2D eigenvalue weighted by Gasteiger charge is -2.26. The molecule has 0 atom stereocenters. The molecule has 1 fully saturated rings. The van der Waals surface area contributed by atoms with Crippen LogP contribution in [0.2, 0.25) is 0 Å². The fourth-order valence-electron chi connectivity index (χ4n) is 2.40. The van der Waals surface area contributed by atoms with Crippen LogP contribution in [0.1, 0.15) is 35.2 Å². The Bertz CT molecular complexity index is 528. The van der Waals surface area contributed by atoms with Crippen molar-refractivity contribution in [1.82, 2.24) is 10.2 Å². The molecule has 1 aromatic carbocycles. The quantitative estimate of drug-likeness (QED) is 0.866. The molecule has 0 unspecified atom stereocenters. The number of likely N-dealkylation sites (tertiary alicyclic amines) is 1. The van der Waals surface area contributed by atoms with Crippen LogP contribution in [-0.4, -0.2) is 41.5 Å². The van der Waals surface area contributed by atoms with Crippen molar-refractivity contribution in [1.29, 1.82) is 0 Å². The van der Waals surface area contributed by atoms with Crippen LogP contribution in [-0.2, 0) is 11.3 Å². The van der Waals surface area contributed by atoms with E-state index in [2.05, 4.69) is 5.32 Å².